The molecule has 0 atom stereocenters. The van der Waals surface area contributed by atoms with Crippen molar-refractivity contribution in [2.75, 3.05) is 11.9 Å². The van der Waals surface area contributed by atoms with E-state index in [0.29, 0.717) is 6.29 Å². The van der Waals surface area contributed by atoms with E-state index >= 15 is 0 Å². The molecule has 19 heavy (non-hydrogen) atoms. The highest BCUT2D eigenvalue weighted by atomic mass is 79.9. The quantitative estimate of drug-likeness (QED) is 0.468. The van der Waals surface area contributed by atoms with Gasteiger partial charge in [0.15, 0.2) is 6.29 Å². The molecule has 0 fully saturated rings. The van der Waals surface area contributed by atoms with E-state index in [1.165, 1.54) is 0 Å². The van der Waals surface area contributed by atoms with Gasteiger partial charge in [0.2, 0.25) is 0 Å². The van der Waals surface area contributed by atoms with Crippen LogP contribution in [0.2, 0.25) is 0 Å². The average molecular weight is 406 g/mol. The number of alkyl halides is 3. The van der Waals surface area contributed by atoms with E-state index in [-0.39, 0.29) is 20.2 Å². The Bertz CT molecular complexity index is 534. The fraction of sp³-hybridized carbons (Fsp3) is 0.222. The molecule has 0 aliphatic heterocycles. The highest BCUT2D eigenvalue weighted by Gasteiger charge is 2.30. The molecule has 1 aromatic carbocycles. The van der Waals surface area contributed by atoms with Gasteiger partial charge in [-0.2, -0.15) is 13.2 Å². The number of nitro groups is 1. The van der Waals surface area contributed by atoms with Crippen molar-refractivity contribution in [1.82, 2.24) is 0 Å². The van der Waals surface area contributed by atoms with Crippen molar-refractivity contribution in [3.8, 4) is 0 Å². The Morgan fingerprint density at radius 1 is 1.42 bits per heavy atom. The van der Waals surface area contributed by atoms with Gasteiger partial charge in [-0.25, -0.2) is 0 Å². The fourth-order valence-electron chi connectivity index (χ4n) is 1.24. The summed E-state index contributed by atoms with van der Waals surface area (Å²) in [6, 6.07) is 1.05. The number of nitro benzene ring substituents is 1. The van der Waals surface area contributed by atoms with Crippen LogP contribution in [0.3, 0.4) is 0 Å². The largest absolute Gasteiger partial charge is 0.405 e. The molecule has 0 saturated heterocycles. The predicted molar refractivity (Wildman–Crippen MR) is 68.4 cm³/mol. The summed E-state index contributed by atoms with van der Waals surface area (Å²) in [5.41, 5.74) is -1.02. The van der Waals surface area contributed by atoms with Crippen molar-refractivity contribution in [3.05, 3.63) is 30.7 Å². The highest BCUT2D eigenvalue weighted by Crippen LogP contribution is 2.39. The van der Waals surface area contributed by atoms with E-state index < -0.39 is 23.3 Å². The van der Waals surface area contributed by atoms with Crippen molar-refractivity contribution >= 4 is 49.5 Å². The molecule has 0 unspecified atom stereocenters. The molecule has 0 aliphatic carbocycles. The summed E-state index contributed by atoms with van der Waals surface area (Å²) in [4.78, 5) is 20.8. The van der Waals surface area contributed by atoms with Gasteiger partial charge < -0.3 is 5.32 Å². The molecule has 1 rings (SSSR count). The van der Waals surface area contributed by atoms with Crippen LogP contribution in [0, 0.1) is 10.1 Å². The van der Waals surface area contributed by atoms with Crippen molar-refractivity contribution in [2.45, 2.75) is 6.18 Å². The molecule has 10 heteroatoms. The molecule has 1 aromatic rings. The number of carbonyl (C=O) groups excluding carboxylic acids is 1. The predicted octanol–water partition coefficient (Wildman–Crippen LogP) is 3.91. The smallest absolute Gasteiger partial charge is 0.371 e. The minimum absolute atomic E-state index is 0.0516. The zero-order valence-electron chi connectivity index (χ0n) is 8.92. The fourth-order valence-corrected chi connectivity index (χ4v) is 2.69. The van der Waals surface area contributed by atoms with Gasteiger partial charge in [0.1, 0.15) is 16.7 Å². The average Bonchev–Trinajstić information content (AvgIpc) is 2.24. The minimum Gasteiger partial charge on any atom is -0.371 e. The summed E-state index contributed by atoms with van der Waals surface area (Å²) in [5, 5.41) is 12.8. The molecule has 5 nitrogen and oxygen atoms in total. The Kier molecular flexibility index (Phi) is 4.91. The maximum Gasteiger partial charge on any atom is 0.405 e. The number of hydrogen-bond donors (Lipinski definition) is 1. The van der Waals surface area contributed by atoms with Crippen LogP contribution in [0.5, 0.6) is 0 Å². The monoisotopic (exact) mass is 404 g/mol. The maximum atomic E-state index is 12.1. The SMILES string of the molecule is O=Cc1c(Br)cc(NCC(F)(F)F)c([N+](=O)[O-])c1Br. The summed E-state index contributed by atoms with van der Waals surface area (Å²) in [5.74, 6) is 0. The van der Waals surface area contributed by atoms with Gasteiger partial charge in [-0.1, -0.05) is 0 Å². The summed E-state index contributed by atoms with van der Waals surface area (Å²) >= 11 is 5.80. The second-order valence-electron chi connectivity index (χ2n) is 3.33. The van der Waals surface area contributed by atoms with Crippen molar-refractivity contribution in [3.63, 3.8) is 0 Å². The van der Waals surface area contributed by atoms with E-state index in [1.807, 2.05) is 5.32 Å². The Balaban J connectivity index is 3.31. The second kappa shape index (κ2) is 5.87. The first-order valence-corrected chi connectivity index (χ1v) is 6.18. The van der Waals surface area contributed by atoms with E-state index in [0.717, 1.165) is 6.07 Å². The van der Waals surface area contributed by atoms with Crippen molar-refractivity contribution in [2.24, 2.45) is 0 Å². The first kappa shape index (κ1) is 15.9. The van der Waals surface area contributed by atoms with Crippen LogP contribution in [0.15, 0.2) is 15.0 Å². The molecule has 0 amide bonds. The van der Waals surface area contributed by atoms with E-state index in [2.05, 4.69) is 31.9 Å². The molecule has 0 saturated carbocycles. The Morgan fingerprint density at radius 2 is 2.00 bits per heavy atom. The maximum absolute atomic E-state index is 12.1. The lowest BCUT2D eigenvalue weighted by atomic mass is 10.2. The molecular weight excluding hydrogens is 401 g/mol. The van der Waals surface area contributed by atoms with Crippen LogP contribution in [0.1, 0.15) is 10.4 Å². The highest BCUT2D eigenvalue weighted by molar-refractivity contribution is 9.11. The number of halogens is 5. The standard InChI is InChI=1S/C9H5Br2F3N2O3/c10-5-1-6(15-3-9(12,13)14)8(16(18)19)7(11)4(5)2-17/h1-2,15H,3H2. The number of benzene rings is 1. The third-order valence-electron chi connectivity index (χ3n) is 2.01. The third kappa shape index (κ3) is 3.90. The lowest BCUT2D eigenvalue weighted by molar-refractivity contribution is -0.384. The number of nitrogens with zero attached hydrogens (tertiary/aromatic N) is 1. The lowest BCUT2D eigenvalue weighted by Crippen LogP contribution is -2.22. The summed E-state index contributed by atoms with van der Waals surface area (Å²) < 4.78 is 36.3. The van der Waals surface area contributed by atoms with Crippen LogP contribution in [-0.4, -0.2) is 23.9 Å². The molecular formula is C9H5Br2F3N2O3. The van der Waals surface area contributed by atoms with Gasteiger partial charge in [0, 0.05) is 10.0 Å². The zero-order valence-corrected chi connectivity index (χ0v) is 12.1. The van der Waals surface area contributed by atoms with Gasteiger partial charge in [-0.05, 0) is 37.9 Å². The molecule has 0 spiro atoms. The Hall–Kier alpha value is -1.16. The molecule has 104 valence electrons. The molecule has 1 N–H and O–H groups in total. The van der Waals surface area contributed by atoms with Crippen LogP contribution in [0.4, 0.5) is 24.5 Å². The summed E-state index contributed by atoms with van der Waals surface area (Å²) in [6.45, 7) is -1.42. The van der Waals surface area contributed by atoms with Crippen LogP contribution >= 0.6 is 31.9 Å². The molecule has 0 aliphatic rings. The van der Waals surface area contributed by atoms with Crippen molar-refractivity contribution < 1.29 is 22.9 Å². The van der Waals surface area contributed by atoms with Crippen LogP contribution < -0.4 is 5.32 Å². The normalized spacial score (nSPS) is 11.2. The first-order valence-electron chi connectivity index (χ1n) is 4.59. The van der Waals surface area contributed by atoms with E-state index in [4.69, 9.17) is 0 Å². The van der Waals surface area contributed by atoms with E-state index in [1.54, 1.807) is 0 Å². The molecule has 0 aromatic heterocycles. The summed E-state index contributed by atoms with van der Waals surface area (Å²) in [6.07, 6.45) is -4.16. The van der Waals surface area contributed by atoms with Crippen LogP contribution in [0.25, 0.3) is 0 Å². The molecule has 0 radical (unpaired) electrons. The number of rotatable bonds is 4. The van der Waals surface area contributed by atoms with Crippen LogP contribution in [-0.2, 0) is 0 Å². The van der Waals surface area contributed by atoms with E-state index in [9.17, 15) is 28.1 Å². The number of carbonyl (C=O) groups is 1. The van der Waals surface area contributed by atoms with Gasteiger partial charge in [0.25, 0.3) is 0 Å². The third-order valence-corrected chi connectivity index (χ3v) is 3.47. The number of aldehydes is 1. The molecule has 0 bridgehead atoms. The number of nitrogens with one attached hydrogen (secondary N) is 1. The zero-order chi connectivity index (χ0) is 14.8. The number of hydrogen-bond acceptors (Lipinski definition) is 4. The molecule has 0 heterocycles. The number of anilines is 1. The Morgan fingerprint density at radius 3 is 2.42 bits per heavy atom. The van der Waals surface area contributed by atoms with Crippen molar-refractivity contribution in [1.29, 1.82) is 0 Å². The second-order valence-corrected chi connectivity index (χ2v) is 4.97. The topological polar surface area (TPSA) is 72.2 Å². The van der Waals surface area contributed by atoms with Gasteiger partial charge in [-0.3, -0.25) is 14.9 Å². The van der Waals surface area contributed by atoms with Gasteiger partial charge in [0.05, 0.1) is 4.92 Å². The van der Waals surface area contributed by atoms with Gasteiger partial charge in [-0.15, -0.1) is 0 Å². The minimum atomic E-state index is -4.52. The summed E-state index contributed by atoms with van der Waals surface area (Å²) in [7, 11) is 0. The Labute approximate surface area is 121 Å². The lowest BCUT2D eigenvalue weighted by Gasteiger charge is -2.12. The van der Waals surface area contributed by atoms with Gasteiger partial charge >= 0.3 is 11.9 Å². The first-order chi connectivity index (χ1) is 8.67.